The zero-order valence-electron chi connectivity index (χ0n) is 9.43. The summed E-state index contributed by atoms with van der Waals surface area (Å²) in [5, 5.41) is 3.91. The van der Waals surface area contributed by atoms with E-state index in [1.54, 1.807) is 0 Å². The number of benzene rings is 1. The van der Waals surface area contributed by atoms with Gasteiger partial charge in [-0.25, -0.2) is 0 Å². The summed E-state index contributed by atoms with van der Waals surface area (Å²) >= 11 is 11.6. The molecule has 2 nitrogen and oxygen atoms in total. The molecule has 1 N–H and O–H groups in total. The van der Waals surface area contributed by atoms with Gasteiger partial charge in [0.2, 0.25) is 0 Å². The van der Waals surface area contributed by atoms with Crippen LogP contribution in [0.4, 0.5) is 0 Å². The number of nitrogens with one attached hydrogen (secondary N) is 1. The van der Waals surface area contributed by atoms with Gasteiger partial charge in [0.05, 0.1) is 11.6 Å². The fourth-order valence-corrected chi connectivity index (χ4v) is 1.79. The van der Waals surface area contributed by atoms with Gasteiger partial charge in [0, 0.05) is 12.4 Å². The maximum Gasteiger partial charge on any atom is 0.137 e. The molecule has 1 rings (SSSR count). The van der Waals surface area contributed by atoms with E-state index in [1.165, 1.54) is 5.56 Å². The average Bonchev–Trinajstić information content (AvgIpc) is 2.28. The van der Waals surface area contributed by atoms with Gasteiger partial charge in [0.25, 0.3) is 0 Å². The van der Waals surface area contributed by atoms with Gasteiger partial charge < -0.3 is 10.1 Å². The van der Waals surface area contributed by atoms with Crippen LogP contribution in [0.3, 0.4) is 0 Å². The summed E-state index contributed by atoms with van der Waals surface area (Å²) in [4.78, 5) is 0. The Balaban J connectivity index is 2.46. The van der Waals surface area contributed by atoms with Crippen LogP contribution in [0.5, 0.6) is 5.75 Å². The third-order valence-electron chi connectivity index (χ3n) is 2.16. The van der Waals surface area contributed by atoms with Crippen LogP contribution in [0, 0.1) is 0 Å². The van der Waals surface area contributed by atoms with Crippen LogP contribution in [0.2, 0.25) is 5.02 Å². The summed E-state index contributed by atoms with van der Waals surface area (Å²) in [5.74, 6) is 1.39. The maximum atomic E-state index is 6.08. The van der Waals surface area contributed by atoms with E-state index in [4.69, 9.17) is 27.9 Å². The summed E-state index contributed by atoms with van der Waals surface area (Å²) in [6.45, 7) is 4.33. The second-order valence-electron chi connectivity index (χ2n) is 3.39. The highest BCUT2D eigenvalue weighted by Crippen LogP contribution is 2.25. The molecule has 0 aliphatic carbocycles. The molecule has 0 saturated carbocycles. The molecule has 0 aromatic heterocycles. The van der Waals surface area contributed by atoms with Crippen molar-refractivity contribution in [2.24, 2.45) is 0 Å². The lowest BCUT2D eigenvalue weighted by Gasteiger charge is -2.08. The molecule has 0 heterocycles. The fraction of sp³-hybridized carbons (Fsp3) is 0.500. The van der Waals surface area contributed by atoms with E-state index in [0.29, 0.717) is 17.5 Å². The number of rotatable bonds is 7. The molecule has 0 radical (unpaired) electrons. The van der Waals surface area contributed by atoms with Crippen LogP contribution in [0.1, 0.15) is 12.5 Å². The quantitative estimate of drug-likeness (QED) is 0.602. The predicted molar refractivity (Wildman–Crippen MR) is 69.9 cm³/mol. The minimum Gasteiger partial charge on any atom is -0.492 e. The number of hydrogen-bond donors (Lipinski definition) is 1. The van der Waals surface area contributed by atoms with Gasteiger partial charge in [-0.15, -0.1) is 11.6 Å². The second-order valence-corrected chi connectivity index (χ2v) is 4.17. The minimum atomic E-state index is 0.635. The van der Waals surface area contributed by atoms with E-state index < -0.39 is 0 Å². The number of alkyl halides is 1. The first-order valence-electron chi connectivity index (χ1n) is 5.45. The summed E-state index contributed by atoms with van der Waals surface area (Å²) < 4.78 is 5.37. The van der Waals surface area contributed by atoms with Crippen molar-refractivity contribution in [3.63, 3.8) is 0 Å². The van der Waals surface area contributed by atoms with E-state index in [2.05, 4.69) is 5.32 Å². The van der Waals surface area contributed by atoms with E-state index in [-0.39, 0.29) is 0 Å². The van der Waals surface area contributed by atoms with Gasteiger partial charge in [-0.2, -0.15) is 0 Å². The van der Waals surface area contributed by atoms with Crippen molar-refractivity contribution in [1.82, 2.24) is 5.32 Å². The molecule has 0 amide bonds. The lowest BCUT2D eigenvalue weighted by atomic mass is 10.1. The van der Waals surface area contributed by atoms with Crippen LogP contribution in [0.15, 0.2) is 18.2 Å². The Kier molecular flexibility index (Phi) is 6.62. The molecule has 4 heteroatoms. The van der Waals surface area contributed by atoms with Gasteiger partial charge in [-0.3, -0.25) is 0 Å². The molecular weight excluding hydrogens is 245 g/mol. The Bertz CT molecular complexity index is 318. The van der Waals surface area contributed by atoms with Crippen molar-refractivity contribution < 1.29 is 4.74 Å². The molecule has 0 atom stereocenters. The SMILES string of the molecule is CCOc1ccc(CCNCCCl)cc1Cl. The molecule has 16 heavy (non-hydrogen) atoms. The van der Waals surface area contributed by atoms with Crippen molar-refractivity contribution in [2.45, 2.75) is 13.3 Å². The van der Waals surface area contributed by atoms with Crippen molar-refractivity contribution in [1.29, 1.82) is 0 Å². The lowest BCUT2D eigenvalue weighted by Crippen LogP contribution is -2.19. The van der Waals surface area contributed by atoms with E-state index in [1.807, 2.05) is 25.1 Å². The highest BCUT2D eigenvalue weighted by atomic mass is 35.5. The highest BCUT2D eigenvalue weighted by molar-refractivity contribution is 6.32. The topological polar surface area (TPSA) is 21.3 Å². The van der Waals surface area contributed by atoms with E-state index in [0.717, 1.165) is 25.3 Å². The summed E-state index contributed by atoms with van der Waals surface area (Å²) in [5.41, 5.74) is 1.20. The first-order valence-corrected chi connectivity index (χ1v) is 6.37. The van der Waals surface area contributed by atoms with Crippen LogP contribution in [-0.4, -0.2) is 25.6 Å². The highest BCUT2D eigenvalue weighted by Gasteiger charge is 2.02. The van der Waals surface area contributed by atoms with Gasteiger partial charge in [0.1, 0.15) is 5.75 Å². The fourth-order valence-electron chi connectivity index (χ4n) is 1.40. The Hall–Kier alpha value is -0.440. The Morgan fingerprint density at radius 1 is 1.31 bits per heavy atom. The number of ether oxygens (including phenoxy) is 1. The van der Waals surface area contributed by atoms with E-state index in [9.17, 15) is 0 Å². The Morgan fingerprint density at radius 3 is 2.75 bits per heavy atom. The largest absolute Gasteiger partial charge is 0.492 e. The Morgan fingerprint density at radius 2 is 2.12 bits per heavy atom. The molecule has 0 spiro atoms. The molecule has 0 aliphatic rings. The standard InChI is InChI=1S/C12H17Cl2NO/c1-2-16-12-4-3-10(9-11(12)14)5-7-15-8-6-13/h3-4,9,15H,2,5-8H2,1H3. The maximum absolute atomic E-state index is 6.08. The first kappa shape index (κ1) is 13.6. The molecular formula is C12H17Cl2NO. The molecule has 0 bridgehead atoms. The zero-order chi connectivity index (χ0) is 11.8. The Labute approximate surface area is 107 Å². The average molecular weight is 262 g/mol. The molecule has 1 aromatic rings. The third-order valence-corrected chi connectivity index (χ3v) is 2.64. The van der Waals surface area contributed by atoms with Crippen LogP contribution < -0.4 is 10.1 Å². The van der Waals surface area contributed by atoms with Gasteiger partial charge >= 0.3 is 0 Å². The zero-order valence-corrected chi connectivity index (χ0v) is 10.9. The van der Waals surface area contributed by atoms with E-state index >= 15 is 0 Å². The second kappa shape index (κ2) is 7.77. The summed E-state index contributed by atoms with van der Waals surface area (Å²) in [6.07, 6.45) is 0.947. The van der Waals surface area contributed by atoms with Gasteiger partial charge in [-0.05, 0) is 37.6 Å². The molecule has 0 fully saturated rings. The number of halogens is 2. The third kappa shape index (κ3) is 4.60. The molecule has 0 unspecified atom stereocenters. The van der Waals surface area contributed by atoms with Crippen molar-refractivity contribution in [3.05, 3.63) is 28.8 Å². The normalized spacial score (nSPS) is 10.4. The summed E-state index contributed by atoms with van der Waals surface area (Å²) in [7, 11) is 0. The summed E-state index contributed by atoms with van der Waals surface area (Å²) in [6, 6.07) is 5.91. The predicted octanol–water partition coefficient (Wildman–Crippen LogP) is 3.11. The molecule has 0 aliphatic heterocycles. The number of hydrogen-bond acceptors (Lipinski definition) is 2. The first-order chi connectivity index (χ1) is 7.77. The smallest absolute Gasteiger partial charge is 0.137 e. The van der Waals surface area contributed by atoms with Crippen molar-refractivity contribution in [3.8, 4) is 5.75 Å². The lowest BCUT2D eigenvalue weighted by molar-refractivity contribution is 0.340. The minimum absolute atomic E-state index is 0.635. The van der Waals surface area contributed by atoms with Crippen molar-refractivity contribution >= 4 is 23.2 Å². The van der Waals surface area contributed by atoms with Crippen LogP contribution >= 0.6 is 23.2 Å². The van der Waals surface area contributed by atoms with Gasteiger partial charge in [-0.1, -0.05) is 17.7 Å². The van der Waals surface area contributed by atoms with Crippen LogP contribution in [-0.2, 0) is 6.42 Å². The molecule has 1 aromatic carbocycles. The monoisotopic (exact) mass is 261 g/mol. The van der Waals surface area contributed by atoms with Crippen LogP contribution in [0.25, 0.3) is 0 Å². The van der Waals surface area contributed by atoms with Crippen molar-refractivity contribution in [2.75, 3.05) is 25.6 Å². The molecule has 90 valence electrons. The molecule has 0 saturated heterocycles. The van der Waals surface area contributed by atoms with Gasteiger partial charge in [0.15, 0.2) is 0 Å².